The number of fused-ring (bicyclic) bond motifs is 9. The number of anilines is 3. The number of hydrogen-bond acceptors (Lipinski definition) is 5. The molecule has 8 aromatic carbocycles. The van der Waals surface area contributed by atoms with Gasteiger partial charge in [-0.25, -0.2) is 4.98 Å². The van der Waals surface area contributed by atoms with Gasteiger partial charge in [0.1, 0.15) is 27.8 Å². The van der Waals surface area contributed by atoms with Gasteiger partial charge >= 0.3 is 0 Å². The zero-order valence-electron chi connectivity index (χ0n) is 26.6. The molecule has 0 unspecified atom stereocenters. The highest BCUT2D eigenvalue weighted by atomic mass is 16.3. The smallest absolute Gasteiger partial charge is 0.227 e. The van der Waals surface area contributed by atoms with Crippen molar-refractivity contribution in [2.75, 3.05) is 4.90 Å². The van der Waals surface area contributed by atoms with E-state index in [0.29, 0.717) is 5.89 Å². The van der Waals surface area contributed by atoms with Crippen molar-refractivity contribution in [2.45, 2.75) is 0 Å². The number of benzene rings is 8. The van der Waals surface area contributed by atoms with Gasteiger partial charge in [0, 0.05) is 44.2 Å². The van der Waals surface area contributed by atoms with Gasteiger partial charge in [-0.15, -0.1) is 0 Å². The van der Waals surface area contributed by atoms with E-state index in [1.54, 1.807) is 0 Å². The molecule has 5 nitrogen and oxygen atoms in total. The van der Waals surface area contributed by atoms with Crippen LogP contribution >= 0.6 is 0 Å². The lowest BCUT2D eigenvalue weighted by atomic mass is 10.0. The highest BCUT2D eigenvalue weighted by Crippen LogP contribution is 2.41. The summed E-state index contributed by atoms with van der Waals surface area (Å²) in [5.74, 6) is 0.605. The van der Waals surface area contributed by atoms with Crippen LogP contribution in [0.2, 0.25) is 0 Å². The third kappa shape index (κ3) is 4.17. The Morgan fingerprint density at radius 2 is 0.880 bits per heavy atom. The van der Waals surface area contributed by atoms with Crippen molar-refractivity contribution in [2.24, 2.45) is 0 Å². The first-order chi connectivity index (χ1) is 24.7. The van der Waals surface area contributed by atoms with E-state index in [0.717, 1.165) is 99.1 Å². The fourth-order valence-electron chi connectivity index (χ4n) is 7.39. The summed E-state index contributed by atoms with van der Waals surface area (Å²) < 4.78 is 18.5. The fraction of sp³-hybridized carbons (Fsp3) is 0. The fourth-order valence-corrected chi connectivity index (χ4v) is 7.39. The first-order valence-corrected chi connectivity index (χ1v) is 16.7. The molecule has 11 rings (SSSR count). The Balaban J connectivity index is 1.09. The maximum absolute atomic E-state index is 6.21. The molecule has 50 heavy (non-hydrogen) atoms. The highest BCUT2D eigenvalue weighted by molar-refractivity contribution is 6.12. The molecule has 0 N–H and O–H groups in total. The van der Waals surface area contributed by atoms with Crippen LogP contribution in [-0.4, -0.2) is 4.98 Å². The van der Waals surface area contributed by atoms with Crippen LogP contribution in [0.1, 0.15) is 0 Å². The van der Waals surface area contributed by atoms with Gasteiger partial charge in [0.05, 0.1) is 0 Å². The number of nitrogens with zero attached hydrogens (tertiary/aromatic N) is 2. The van der Waals surface area contributed by atoms with Crippen LogP contribution in [0.5, 0.6) is 0 Å². The summed E-state index contributed by atoms with van der Waals surface area (Å²) in [4.78, 5) is 7.04. The molecule has 0 aliphatic carbocycles. The molecular weight excluding hydrogens is 617 g/mol. The summed E-state index contributed by atoms with van der Waals surface area (Å²) >= 11 is 0. The Morgan fingerprint density at radius 3 is 1.46 bits per heavy atom. The van der Waals surface area contributed by atoms with Gasteiger partial charge in [-0.05, 0) is 119 Å². The maximum atomic E-state index is 6.21. The van der Waals surface area contributed by atoms with Gasteiger partial charge in [0.15, 0.2) is 5.58 Å². The number of furan rings is 2. The molecule has 0 atom stereocenters. The standard InChI is InChI=1S/C45H26N2O3/c1-4-10-40-35(7-1)37-23-30-21-33(19-15-28(30)25-43(37)48-40)47(32-17-13-27(14-18-32)45-46-39-9-3-6-12-42(39)50-45)34-20-16-29-26-44-38(24-31(29)22-34)36-8-2-5-11-41(36)49-44/h1-26H. The zero-order valence-corrected chi connectivity index (χ0v) is 26.6. The van der Waals surface area contributed by atoms with Crippen molar-refractivity contribution >= 4 is 93.6 Å². The molecule has 0 amide bonds. The first kappa shape index (κ1) is 27.1. The minimum atomic E-state index is 0.605. The zero-order chi connectivity index (χ0) is 32.8. The van der Waals surface area contributed by atoms with Gasteiger partial charge in [0.2, 0.25) is 5.89 Å². The molecule has 0 aliphatic heterocycles. The molecular formula is C45H26N2O3. The van der Waals surface area contributed by atoms with Crippen molar-refractivity contribution in [1.82, 2.24) is 4.98 Å². The molecule has 0 radical (unpaired) electrons. The monoisotopic (exact) mass is 642 g/mol. The van der Waals surface area contributed by atoms with E-state index in [1.165, 1.54) is 0 Å². The second-order valence-corrected chi connectivity index (χ2v) is 12.8. The predicted molar refractivity (Wildman–Crippen MR) is 204 cm³/mol. The summed E-state index contributed by atoms with van der Waals surface area (Å²) in [5, 5.41) is 8.99. The molecule has 234 valence electrons. The number of aromatic nitrogens is 1. The molecule has 0 bridgehead atoms. The van der Waals surface area contributed by atoms with Gasteiger partial charge < -0.3 is 18.2 Å². The molecule has 0 fully saturated rings. The number of rotatable bonds is 4. The molecule has 0 saturated heterocycles. The van der Waals surface area contributed by atoms with E-state index >= 15 is 0 Å². The van der Waals surface area contributed by atoms with Crippen LogP contribution in [0.4, 0.5) is 17.1 Å². The number of hydrogen-bond donors (Lipinski definition) is 0. The van der Waals surface area contributed by atoms with Gasteiger partial charge in [-0.1, -0.05) is 60.7 Å². The second-order valence-electron chi connectivity index (χ2n) is 12.8. The summed E-state index contributed by atoms with van der Waals surface area (Å²) in [6, 6.07) is 54.8. The Bertz CT molecular complexity index is 2920. The van der Waals surface area contributed by atoms with Crippen LogP contribution in [0.15, 0.2) is 171 Å². The topological polar surface area (TPSA) is 55.6 Å². The van der Waals surface area contributed by atoms with Crippen LogP contribution in [0.25, 0.3) is 88.0 Å². The van der Waals surface area contributed by atoms with Crippen LogP contribution < -0.4 is 4.90 Å². The maximum Gasteiger partial charge on any atom is 0.227 e. The predicted octanol–water partition coefficient (Wildman–Crippen LogP) is 13.1. The molecule has 11 aromatic rings. The van der Waals surface area contributed by atoms with Crippen molar-refractivity contribution in [3.05, 3.63) is 158 Å². The number of para-hydroxylation sites is 4. The molecule has 5 heteroatoms. The van der Waals surface area contributed by atoms with Crippen LogP contribution in [-0.2, 0) is 0 Å². The average Bonchev–Trinajstić information content (AvgIpc) is 3.86. The molecule has 3 aromatic heterocycles. The minimum Gasteiger partial charge on any atom is -0.456 e. The summed E-state index contributed by atoms with van der Waals surface area (Å²) in [6.07, 6.45) is 0. The third-order valence-electron chi connectivity index (χ3n) is 9.82. The van der Waals surface area contributed by atoms with Crippen LogP contribution in [0.3, 0.4) is 0 Å². The normalized spacial score (nSPS) is 12.0. The summed E-state index contributed by atoms with van der Waals surface area (Å²) in [5.41, 5.74) is 9.25. The van der Waals surface area contributed by atoms with Gasteiger partial charge in [-0.2, -0.15) is 0 Å². The highest BCUT2D eigenvalue weighted by Gasteiger charge is 2.17. The van der Waals surface area contributed by atoms with E-state index in [-0.39, 0.29) is 0 Å². The lowest BCUT2D eigenvalue weighted by molar-refractivity contribution is 0.620. The van der Waals surface area contributed by atoms with Crippen molar-refractivity contribution in [3.63, 3.8) is 0 Å². The van der Waals surface area contributed by atoms with Crippen molar-refractivity contribution < 1.29 is 13.3 Å². The minimum absolute atomic E-state index is 0.605. The SMILES string of the molecule is c1ccc2oc(-c3ccc(N(c4ccc5cc6oc7ccccc7c6cc5c4)c4ccc5cc6oc7ccccc7c6cc5c4)cc3)nc2c1. The van der Waals surface area contributed by atoms with Gasteiger partial charge in [-0.3, -0.25) is 0 Å². The molecule has 0 spiro atoms. The largest absolute Gasteiger partial charge is 0.456 e. The molecule has 3 heterocycles. The van der Waals surface area contributed by atoms with E-state index < -0.39 is 0 Å². The van der Waals surface area contributed by atoms with E-state index in [4.69, 9.17) is 18.2 Å². The Kier molecular flexibility index (Phi) is 5.60. The van der Waals surface area contributed by atoms with E-state index in [1.807, 2.05) is 48.5 Å². The Labute approximate surface area is 285 Å². The summed E-state index contributed by atoms with van der Waals surface area (Å²) in [6.45, 7) is 0. The number of oxazole rings is 1. The van der Waals surface area contributed by atoms with Gasteiger partial charge in [0.25, 0.3) is 0 Å². The second kappa shape index (κ2) is 10.3. The lowest BCUT2D eigenvalue weighted by Crippen LogP contribution is -2.09. The lowest BCUT2D eigenvalue weighted by Gasteiger charge is -2.26. The third-order valence-corrected chi connectivity index (χ3v) is 9.82. The van der Waals surface area contributed by atoms with Crippen molar-refractivity contribution in [1.29, 1.82) is 0 Å². The first-order valence-electron chi connectivity index (χ1n) is 16.7. The quantitative estimate of drug-likeness (QED) is 0.191. The Morgan fingerprint density at radius 1 is 0.360 bits per heavy atom. The van der Waals surface area contributed by atoms with E-state index in [2.05, 4.69) is 114 Å². The van der Waals surface area contributed by atoms with E-state index in [9.17, 15) is 0 Å². The molecule has 0 saturated carbocycles. The average molecular weight is 643 g/mol. The molecule has 0 aliphatic rings. The summed E-state index contributed by atoms with van der Waals surface area (Å²) in [7, 11) is 0. The van der Waals surface area contributed by atoms with Crippen LogP contribution in [0, 0.1) is 0 Å². The van der Waals surface area contributed by atoms with Crippen molar-refractivity contribution in [3.8, 4) is 11.5 Å². The Hall–Kier alpha value is -6.85.